The van der Waals surface area contributed by atoms with E-state index in [9.17, 15) is 4.79 Å². The number of hydrogen-bond donors (Lipinski definition) is 1. The van der Waals surface area contributed by atoms with Gasteiger partial charge in [-0.2, -0.15) is 0 Å². The quantitative estimate of drug-likeness (QED) is 0.431. The topological polar surface area (TPSA) is 55.6 Å². The van der Waals surface area contributed by atoms with E-state index in [1.165, 1.54) is 18.6 Å². The van der Waals surface area contributed by atoms with Crippen LogP contribution in [0, 0.1) is 17.0 Å². The Morgan fingerprint density at radius 2 is 1.78 bits per heavy atom. The number of hydrogen-bond acceptors (Lipinski definition) is 4. The molecule has 0 spiro atoms. The van der Waals surface area contributed by atoms with Gasteiger partial charge in [-0.25, -0.2) is 13.7 Å². The van der Waals surface area contributed by atoms with Crippen LogP contribution in [0.4, 0.5) is 8.78 Å². The van der Waals surface area contributed by atoms with Crippen molar-refractivity contribution in [3.05, 3.63) is 69.2 Å². The summed E-state index contributed by atoms with van der Waals surface area (Å²) in [6.07, 6.45) is 6.01. The second kappa shape index (κ2) is 8.93. The van der Waals surface area contributed by atoms with Crippen LogP contribution in [0.2, 0.25) is 10.0 Å². The van der Waals surface area contributed by atoms with E-state index in [-0.39, 0.29) is 26.6 Å². The van der Waals surface area contributed by atoms with Crippen LogP contribution in [0.3, 0.4) is 0 Å². The minimum absolute atomic E-state index is 0.0650. The average Bonchev–Trinajstić information content (AvgIpc) is 3.19. The van der Waals surface area contributed by atoms with Crippen molar-refractivity contribution in [1.82, 2.24) is 4.90 Å². The highest BCUT2D eigenvalue weighted by Gasteiger charge is 2.69. The Hall–Kier alpha value is -1.73. The Labute approximate surface area is 221 Å². The van der Waals surface area contributed by atoms with E-state index in [1.54, 1.807) is 24.3 Å². The van der Waals surface area contributed by atoms with Crippen LogP contribution in [-0.4, -0.2) is 28.7 Å². The molecule has 2 saturated heterocycles. The van der Waals surface area contributed by atoms with Gasteiger partial charge >= 0.3 is 5.97 Å². The minimum atomic E-state index is -1.46. The summed E-state index contributed by atoms with van der Waals surface area (Å²) in [7, 11) is 0. The zero-order valence-corrected chi connectivity index (χ0v) is 22.3. The molecule has 2 N–H and O–H groups in total. The van der Waals surface area contributed by atoms with Crippen LogP contribution in [0.15, 0.2) is 36.4 Å². The molecule has 194 valence electrons. The zero-order chi connectivity index (χ0) is 26.0. The first-order valence-electron chi connectivity index (χ1n) is 12.6. The first-order chi connectivity index (χ1) is 16.9. The SMILES string of the molecule is CC1(C[C@@H]2N3[C@@H](C(=O)OC3(C)C)[C@H](c3cccc(Cl)c3F)[C@@]2(N)c2ccc(Cl)cc2F)CCCCC1. The highest BCUT2D eigenvalue weighted by Crippen LogP contribution is 2.59. The molecule has 4 atom stereocenters. The van der Waals surface area contributed by atoms with E-state index in [2.05, 4.69) is 6.92 Å². The van der Waals surface area contributed by atoms with Gasteiger partial charge in [0.15, 0.2) is 5.72 Å². The van der Waals surface area contributed by atoms with Gasteiger partial charge in [0.1, 0.15) is 17.7 Å². The average molecular weight is 537 g/mol. The highest BCUT2D eigenvalue weighted by molar-refractivity contribution is 6.31. The van der Waals surface area contributed by atoms with Crippen molar-refractivity contribution in [3.63, 3.8) is 0 Å². The van der Waals surface area contributed by atoms with Crippen molar-refractivity contribution in [2.75, 3.05) is 0 Å². The van der Waals surface area contributed by atoms with Crippen LogP contribution in [0.1, 0.15) is 76.3 Å². The number of carbonyl (C=O) groups excluding carboxylic acids is 1. The van der Waals surface area contributed by atoms with Crippen molar-refractivity contribution in [2.45, 2.75) is 88.6 Å². The first-order valence-corrected chi connectivity index (χ1v) is 13.3. The molecule has 0 amide bonds. The summed E-state index contributed by atoms with van der Waals surface area (Å²) in [6.45, 7) is 5.87. The van der Waals surface area contributed by atoms with Gasteiger partial charge in [-0.3, -0.25) is 4.79 Å². The molecule has 0 bridgehead atoms. The summed E-state index contributed by atoms with van der Waals surface area (Å²) in [5.74, 6) is -2.66. The molecule has 2 aliphatic heterocycles. The number of rotatable bonds is 4. The Balaban J connectivity index is 1.78. The van der Waals surface area contributed by atoms with Crippen LogP contribution in [0.5, 0.6) is 0 Å². The summed E-state index contributed by atoms with van der Waals surface area (Å²) in [5, 5.41) is 0.158. The maximum Gasteiger partial charge on any atom is 0.325 e. The van der Waals surface area contributed by atoms with Gasteiger partial charge in [-0.1, -0.05) is 67.6 Å². The van der Waals surface area contributed by atoms with Crippen molar-refractivity contribution >= 4 is 29.2 Å². The van der Waals surface area contributed by atoms with E-state index >= 15 is 8.78 Å². The molecule has 0 aromatic heterocycles. The molecular weight excluding hydrogens is 505 g/mol. The lowest BCUT2D eigenvalue weighted by Gasteiger charge is -2.46. The molecule has 3 aliphatic rings. The minimum Gasteiger partial charge on any atom is -0.443 e. The lowest BCUT2D eigenvalue weighted by molar-refractivity contribution is -0.153. The van der Waals surface area contributed by atoms with E-state index in [4.69, 9.17) is 33.7 Å². The largest absolute Gasteiger partial charge is 0.443 e. The molecule has 1 saturated carbocycles. The maximum absolute atomic E-state index is 15.7. The molecule has 2 aromatic carbocycles. The Bertz CT molecular complexity index is 1200. The molecule has 4 nitrogen and oxygen atoms in total. The van der Waals surface area contributed by atoms with Gasteiger partial charge < -0.3 is 10.5 Å². The van der Waals surface area contributed by atoms with E-state index < -0.39 is 46.9 Å². The van der Waals surface area contributed by atoms with Crippen LogP contribution >= 0.6 is 23.2 Å². The van der Waals surface area contributed by atoms with E-state index in [1.807, 2.05) is 18.7 Å². The van der Waals surface area contributed by atoms with Crippen LogP contribution < -0.4 is 5.73 Å². The Morgan fingerprint density at radius 1 is 1.08 bits per heavy atom. The molecule has 0 radical (unpaired) electrons. The van der Waals surface area contributed by atoms with E-state index in [0.29, 0.717) is 6.42 Å². The fraction of sp³-hybridized carbons (Fsp3) is 0.536. The predicted molar refractivity (Wildman–Crippen MR) is 137 cm³/mol. The summed E-state index contributed by atoms with van der Waals surface area (Å²) in [5.41, 5.74) is 5.24. The second-order valence-electron chi connectivity index (χ2n) is 11.5. The number of cyclic esters (lactones) is 1. The normalized spacial score (nSPS) is 31.3. The van der Waals surface area contributed by atoms with Gasteiger partial charge in [0, 0.05) is 22.5 Å². The number of nitrogens with two attached hydrogens (primary N) is 1. The monoisotopic (exact) mass is 536 g/mol. The van der Waals surface area contributed by atoms with Gasteiger partial charge in [0.05, 0.1) is 10.6 Å². The fourth-order valence-electron chi connectivity index (χ4n) is 7.09. The number of halogens is 4. The summed E-state index contributed by atoms with van der Waals surface area (Å²) < 4.78 is 37.2. The summed E-state index contributed by atoms with van der Waals surface area (Å²) >= 11 is 12.3. The number of fused-ring (bicyclic) bond motifs is 1. The number of carbonyl (C=O) groups is 1. The number of benzene rings is 2. The maximum atomic E-state index is 15.7. The highest BCUT2D eigenvalue weighted by atomic mass is 35.5. The molecular formula is C28H32Cl2F2N2O2. The molecule has 2 heterocycles. The third-order valence-electron chi connectivity index (χ3n) is 8.69. The van der Waals surface area contributed by atoms with Crippen LogP contribution in [-0.2, 0) is 15.1 Å². The van der Waals surface area contributed by atoms with Gasteiger partial charge in [0.2, 0.25) is 0 Å². The van der Waals surface area contributed by atoms with Gasteiger partial charge in [-0.05, 0) is 62.3 Å². The summed E-state index contributed by atoms with van der Waals surface area (Å²) in [4.78, 5) is 15.4. The third-order valence-corrected chi connectivity index (χ3v) is 9.22. The third kappa shape index (κ3) is 3.96. The molecule has 5 rings (SSSR count). The Morgan fingerprint density at radius 3 is 2.44 bits per heavy atom. The molecule has 2 aromatic rings. The number of esters is 1. The molecule has 3 fully saturated rings. The van der Waals surface area contributed by atoms with Crippen molar-refractivity contribution in [3.8, 4) is 0 Å². The van der Waals surface area contributed by atoms with Crippen LogP contribution in [0.25, 0.3) is 0 Å². The van der Waals surface area contributed by atoms with Crippen molar-refractivity contribution < 1.29 is 18.3 Å². The second-order valence-corrected chi connectivity index (χ2v) is 12.3. The first kappa shape index (κ1) is 25.9. The predicted octanol–water partition coefficient (Wildman–Crippen LogP) is 6.92. The zero-order valence-electron chi connectivity index (χ0n) is 20.8. The molecule has 8 heteroatoms. The number of ether oxygens (including phenoxy) is 1. The van der Waals surface area contributed by atoms with Gasteiger partial charge in [0.25, 0.3) is 0 Å². The fourth-order valence-corrected chi connectivity index (χ4v) is 7.43. The Kier molecular flexibility index (Phi) is 6.43. The molecule has 36 heavy (non-hydrogen) atoms. The number of nitrogens with zero attached hydrogens (tertiary/aromatic N) is 1. The van der Waals surface area contributed by atoms with E-state index in [0.717, 1.165) is 25.7 Å². The lowest BCUT2D eigenvalue weighted by atomic mass is 9.65. The lowest BCUT2D eigenvalue weighted by Crippen LogP contribution is -2.57. The molecule has 0 unspecified atom stereocenters. The smallest absolute Gasteiger partial charge is 0.325 e. The van der Waals surface area contributed by atoms with Crippen molar-refractivity contribution in [1.29, 1.82) is 0 Å². The molecule has 1 aliphatic carbocycles. The van der Waals surface area contributed by atoms with Gasteiger partial charge in [-0.15, -0.1) is 0 Å². The standard InChI is InChI=1S/C28H32Cl2F2N2O2/c1-26(2)34-21(15-27(3)12-5-4-6-13-27)28(33,18-11-10-16(29)14-20(18)31)22(24(34)25(35)36-26)17-8-7-9-19(30)23(17)32/h7-11,14,21-22,24H,4-6,12-13,15,33H2,1-3H3/t21-,22-,24+,28+/m0/s1. The van der Waals surface area contributed by atoms with Crippen molar-refractivity contribution in [2.24, 2.45) is 11.1 Å². The summed E-state index contributed by atoms with van der Waals surface area (Å²) in [6, 6.07) is 7.65.